The van der Waals surface area contributed by atoms with Gasteiger partial charge in [0.05, 0.1) is 22.8 Å². The number of hydrogen-bond donors (Lipinski definition) is 1. The molecule has 0 spiro atoms. The maximum absolute atomic E-state index is 6.06. The van der Waals surface area contributed by atoms with Crippen LogP contribution < -0.4 is 5.73 Å². The van der Waals surface area contributed by atoms with Crippen LogP contribution in [0.1, 0.15) is 30.0 Å². The lowest BCUT2D eigenvalue weighted by Gasteiger charge is -2.15. The number of para-hydroxylation sites is 2. The van der Waals surface area contributed by atoms with E-state index >= 15 is 0 Å². The first-order valence-electron chi connectivity index (χ1n) is 6.24. The summed E-state index contributed by atoms with van der Waals surface area (Å²) in [6.07, 6.45) is 0. The van der Waals surface area contributed by atoms with Crippen LogP contribution in [0.4, 0.5) is 5.95 Å². The van der Waals surface area contributed by atoms with Crippen molar-refractivity contribution in [3.63, 3.8) is 0 Å². The van der Waals surface area contributed by atoms with E-state index in [1.54, 1.807) is 0 Å². The molecule has 1 aromatic carbocycles. The van der Waals surface area contributed by atoms with Crippen molar-refractivity contribution in [2.24, 2.45) is 0 Å². The van der Waals surface area contributed by atoms with Crippen molar-refractivity contribution in [3.8, 4) is 0 Å². The van der Waals surface area contributed by atoms with Gasteiger partial charge < -0.3 is 14.8 Å². The van der Waals surface area contributed by atoms with Gasteiger partial charge in [0.15, 0.2) is 0 Å². The number of imidazole rings is 1. The molecule has 0 radical (unpaired) electrons. The molecular formula is C14H16N4O. The monoisotopic (exact) mass is 256 g/mol. The number of rotatable bonds is 2. The maximum atomic E-state index is 6.06. The Labute approximate surface area is 111 Å². The molecule has 3 rings (SSSR count). The zero-order valence-corrected chi connectivity index (χ0v) is 11.2. The summed E-state index contributed by atoms with van der Waals surface area (Å²) < 4.78 is 7.26. The van der Waals surface area contributed by atoms with E-state index in [1.807, 2.05) is 42.7 Å². The molecule has 0 bridgehead atoms. The lowest BCUT2D eigenvalue weighted by molar-refractivity contribution is 0.391. The number of aromatic nitrogens is 3. The Morgan fingerprint density at radius 2 is 2.00 bits per heavy atom. The van der Waals surface area contributed by atoms with Crippen LogP contribution in [0.15, 0.2) is 28.8 Å². The molecule has 2 aromatic heterocycles. The number of anilines is 1. The predicted molar refractivity (Wildman–Crippen MR) is 73.9 cm³/mol. The second kappa shape index (κ2) is 4.12. The lowest BCUT2D eigenvalue weighted by atomic mass is 10.1. The highest BCUT2D eigenvalue weighted by Crippen LogP contribution is 2.30. The quantitative estimate of drug-likeness (QED) is 0.765. The van der Waals surface area contributed by atoms with E-state index in [-0.39, 0.29) is 6.04 Å². The van der Waals surface area contributed by atoms with E-state index in [0.29, 0.717) is 5.95 Å². The highest BCUT2D eigenvalue weighted by Gasteiger charge is 2.21. The maximum Gasteiger partial charge on any atom is 0.201 e. The number of benzene rings is 1. The molecule has 0 aliphatic carbocycles. The molecule has 0 saturated carbocycles. The summed E-state index contributed by atoms with van der Waals surface area (Å²) in [5.74, 6) is 1.33. The van der Waals surface area contributed by atoms with Crippen molar-refractivity contribution in [2.45, 2.75) is 26.8 Å². The molecular weight excluding hydrogens is 240 g/mol. The van der Waals surface area contributed by atoms with Gasteiger partial charge in [0, 0.05) is 5.56 Å². The van der Waals surface area contributed by atoms with Crippen LogP contribution in [-0.2, 0) is 0 Å². The second-order valence-corrected chi connectivity index (χ2v) is 4.74. The zero-order chi connectivity index (χ0) is 13.6. The molecule has 0 aliphatic heterocycles. The Hall–Kier alpha value is -2.30. The van der Waals surface area contributed by atoms with Gasteiger partial charge in [-0.2, -0.15) is 0 Å². The summed E-state index contributed by atoms with van der Waals surface area (Å²) in [7, 11) is 0. The van der Waals surface area contributed by atoms with Crippen molar-refractivity contribution in [2.75, 3.05) is 5.73 Å². The molecule has 5 nitrogen and oxygen atoms in total. The van der Waals surface area contributed by atoms with Gasteiger partial charge in [-0.1, -0.05) is 17.3 Å². The first-order chi connectivity index (χ1) is 9.09. The van der Waals surface area contributed by atoms with Gasteiger partial charge in [-0.05, 0) is 32.9 Å². The summed E-state index contributed by atoms with van der Waals surface area (Å²) in [5, 5.41) is 4.01. The van der Waals surface area contributed by atoms with Crippen molar-refractivity contribution in [3.05, 3.63) is 41.3 Å². The summed E-state index contributed by atoms with van der Waals surface area (Å²) in [6, 6.07) is 7.97. The molecule has 19 heavy (non-hydrogen) atoms. The van der Waals surface area contributed by atoms with E-state index in [1.165, 1.54) is 0 Å². The normalized spacial score (nSPS) is 13.0. The minimum Gasteiger partial charge on any atom is -0.369 e. The predicted octanol–water partition coefficient (Wildman–Crippen LogP) is 2.83. The van der Waals surface area contributed by atoms with E-state index in [4.69, 9.17) is 10.3 Å². The molecule has 0 aliphatic rings. The summed E-state index contributed by atoms with van der Waals surface area (Å²) in [5.41, 5.74) is 9.94. The van der Waals surface area contributed by atoms with Gasteiger partial charge in [0.25, 0.3) is 0 Å². The van der Waals surface area contributed by atoms with Gasteiger partial charge in [0.2, 0.25) is 5.95 Å². The Kier molecular flexibility index (Phi) is 2.55. The molecule has 0 amide bonds. The number of aryl methyl sites for hydroxylation is 2. The molecule has 0 fully saturated rings. The Balaban J connectivity index is 2.22. The van der Waals surface area contributed by atoms with Crippen molar-refractivity contribution >= 4 is 17.0 Å². The summed E-state index contributed by atoms with van der Waals surface area (Å²) in [6.45, 7) is 5.94. The first kappa shape index (κ1) is 11.8. The largest absolute Gasteiger partial charge is 0.369 e. The third-order valence-corrected chi connectivity index (χ3v) is 3.52. The molecule has 2 N–H and O–H groups in total. The molecule has 98 valence electrons. The standard InChI is InChI=1S/C14H16N4O/c1-8-13(10(3)19-17-8)9(2)18-12-7-5-4-6-11(12)16-14(18)15/h4-7,9H,1-3H3,(H2,15,16). The Morgan fingerprint density at radius 3 is 2.68 bits per heavy atom. The van der Waals surface area contributed by atoms with Gasteiger partial charge >= 0.3 is 0 Å². The Morgan fingerprint density at radius 1 is 1.26 bits per heavy atom. The number of fused-ring (bicyclic) bond motifs is 1. The zero-order valence-electron chi connectivity index (χ0n) is 11.2. The average Bonchev–Trinajstić information content (AvgIpc) is 2.88. The van der Waals surface area contributed by atoms with Crippen molar-refractivity contribution in [1.82, 2.24) is 14.7 Å². The van der Waals surface area contributed by atoms with Crippen LogP contribution in [0.2, 0.25) is 0 Å². The van der Waals surface area contributed by atoms with Gasteiger partial charge in [-0.3, -0.25) is 0 Å². The van der Waals surface area contributed by atoms with E-state index in [2.05, 4.69) is 17.1 Å². The second-order valence-electron chi connectivity index (χ2n) is 4.74. The molecule has 1 unspecified atom stereocenters. The highest BCUT2D eigenvalue weighted by atomic mass is 16.5. The topological polar surface area (TPSA) is 69.9 Å². The third-order valence-electron chi connectivity index (χ3n) is 3.52. The molecule has 0 saturated heterocycles. The molecule has 5 heteroatoms. The molecule has 2 heterocycles. The van der Waals surface area contributed by atoms with Crippen LogP contribution in [-0.4, -0.2) is 14.7 Å². The van der Waals surface area contributed by atoms with Gasteiger partial charge in [-0.15, -0.1) is 0 Å². The smallest absolute Gasteiger partial charge is 0.201 e. The molecule has 1 atom stereocenters. The fourth-order valence-electron chi connectivity index (χ4n) is 2.69. The van der Waals surface area contributed by atoms with E-state index in [0.717, 1.165) is 28.1 Å². The number of nitrogens with zero attached hydrogens (tertiary/aromatic N) is 3. The fourth-order valence-corrected chi connectivity index (χ4v) is 2.69. The van der Waals surface area contributed by atoms with E-state index in [9.17, 15) is 0 Å². The van der Waals surface area contributed by atoms with Gasteiger partial charge in [-0.25, -0.2) is 4.98 Å². The minimum absolute atomic E-state index is 0.0404. The number of nitrogen functional groups attached to an aromatic ring is 1. The fraction of sp³-hybridized carbons (Fsp3) is 0.286. The number of hydrogen-bond acceptors (Lipinski definition) is 4. The van der Waals surface area contributed by atoms with Crippen molar-refractivity contribution in [1.29, 1.82) is 0 Å². The van der Waals surface area contributed by atoms with Crippen LogP contribution >= 0.6 is 0 Å². The minimum atomic E-state index is 0.0404. The summed E-state index contributed by atoms with van der Waals surface area (Å²) >= 11 is 0. The van der Waals surface area contributed by atoms with Crippen LogP contribution in [0, 0.1) is 13.8 Å². The van der Waals surface area contributed by atoms with Crippen LogP contribution in [0.25, 0.3) is 11.0 Å². The number of nitrogens with two attached hydrogens (primary N) is 1. The van der Waals surface area contributed by atoms with Crippen LogP contribution in [0.5, 0.6) is 0 Å². The molecule has 3 aromatic rings. The Bertz CT molecular complexity index is 722. The van der Waals surface area contributed by atoms with Crippen molar-refractivity contribution < 1.29 is 4.52 Å². The highest BCUT2D eigenvalue weighted by molar-refractivity contribution is 5.78. The third kappa shape index (κ3) is 1.69. The summed E-state index contributed by atoms with van der Waals surface area (Å²) in [4.78, 5) is 4.39. The van der Waals surface area contributed by atoms with Crippen LogP contribution in [0.3, 0.4) is 0 Å². The van der Waals surface area contributed by atoms with Gasteiger partial charge in [0.1, 0.15) is 5.76 Å². The first-order valence-corrected chi connectivity index (χ1v) is 6.24. The average molecular weight is 256 g/mol. The lowest BCUT2D eigenvalue weighted by Crippen LogP contribution is -2.11. The van der Waals surface area contributed by atoms with E-state index < -0.39 is 0 Å². The SMILES string of the molecule is Cc1noc(C)c1C(C)n1c(N)nc2ccccc21.